The summed E-state index contributed by atoms with van der Waals surface area (Å²) >= 11 is 1.52. The standard InChI is InChI=1S/C19H20N2O4S/c1-11-9-20-19(26-11)21-10-12-8-15(24-4)16-13(22-2)6-7-14(23-3)17(16)18(12)25-5/h6-10H,1-5H3. The zero-order valence-electron chi connectivity index (χ0n) is 15.3. The van der Waals surface area contributed by atoms with Gasteiger partial charge in [0.25, 0.3) is 0 Å². The zero-order chi connectivity index (χ0) is 18.7. The first kappa shape index (κ1) is 18.0. The van der Waals surface area contributed by atoms with Gasteiger partial charge < -0.3 is 18.9 Å². The smallest absolute Gasteiger partial charge is 0.209 e. The largest absolute Gasteiger partial charge is 0.496 e. The van der Waals surface area contributed by atoms with Gasteiger partial charge in [-0.1, -0.05) is 0 Å². The molecule has 1 heterocycles. The van der Waals surface area contributed by atoms with E-state index in [-0.39, 0.29) is 0 Å². The molecular weight excluding hydrogens is 352 g/mol. The van der Waals surface area contributed by atoms with E-state index in [1.165, 1.54) is 11.3 Å². The summed E-state index contributed by atoms with van der Waals surface area (Å²) in [5, 5.41) is 2.24. The van der Waals surface area contributed by atoms with Crippen LogP contribution in [0, 0.1) is 6.92 Å². The van der Waals surface area contributed by atoms with Crippen molar-refractivity contribution in [2.45, 2.75) is 6.92 Å². The Morgan fingerprint density at radius 1 is 0.923 bits per heavy atom. The average Bonchev–Trinajstić information content (AvgIpc) is 3.09. The van der Waals surface area contributed by atoms with E-state index in [1.54, 1.807) is 40.9 Å². The van der Waals surface area contributed by atoms with Crippen molar-refractivity contribution >= 4 is 33.5 Å². The topological polar surface area (TPSA) is 62.2 Å². The Morgan fingerprint density at radius 3 is 2.12 bits per heavy atom. The summed E-state index contributed by atoms with van der Waals surface area (Å²) in [4.78, 5) is 9.82. The fourth-order valence-corrected chi connectivity index (χ4v) is 3.41. The second-order valence-electron chi connectivity index (χ2n) is 5.43. The second kappa shape index (κ2) is 7.61. The monoisotopic (exact) mass is 372 g/mol. The van der Waals surface area contributed by atoms with Crippen LogP contribution in [0.25, 0.3) is 10.8 Å². The van der Waals surface area contributed by atoms with Crippen molar-refractivity contribution in [2.24, 2.45) is 4.99 Å². The lowest BCUT2D eigenvalue weighted by Crippen LogP contribution is -1.99. The summed E-state index contributed by atoms with van der Waals surface area (Å²) in [7, 11) is 6.47. The first-order chi connectivity index (χ1) is 12.6. The van der Waals surface area contributed by atoms with Gasteiger partial charge >= 0.3 is 0 Å². The molecule has 0 fully saturated rings. The van der Waals surface area contributed by atoms with Crippen molar-refractivity contribution < 1.29 is 18.9 Å². The molecule has 6 nitrogen and oxygen atoms in total. The average molecular weight is 372 g/mol. The molecule has 0 unspecified atom stereocenters. The number of ether oxygens (including phenoxy) is 4. The Kier molecular flexibility index (Phi) is 5.27. The third-order valence-electron chi connectivity index (χ3n) is 3.94. The summed E-state index contributed by atoms with van der Waals surface area (Å²) < 4.78 is 22.3. The number of thiazole rings is 1. The molecule has 136 valence electrons. The number of rotatable bonds is 6. The molecule has 0 aliphatic heterocycles. The summed E-state index contributed by atoms with van der Waals surface area (Å²) in [5.74, 6) is 2.62. The maximum Gasteiger partial charge on any atom is 0.209 e. The molecule has 3 rings (SSSR count). The van der Waals surface area contributed by atoms with E-state index >= 15 is 0 Å². The van der Waals surface area contributed by atoms with Crippen molar-refractivity contribution in [3.63, 3.8) is 0 Å². The molecule has 1 aromatic heterocycles. The van der Waals surface area contributed by atoms with Crippen LogP contribution >= 0.6 is 11.3 Å². The number of hydrogen-bond acceptors (Lipinski definition) is 7. The quantitative estimate of drug-likeness (QED) is 0.601. The molecule has 0 spiro atoms. The first-order valence-corrected chi connectivity index (χ1v) is 8.70. The second-order valence-corrected chi connectivity index (χ2v) is 6.65. The fourth-order valence-electron chi connectivity index (χ4n) is 2.80. The van der Waals surface area contributed by atoms with Gasteiger partial charge in [0.05, 0.1) is 39.2 Å². The van der Waals surface area contributed by atoms with Gasteiger partial charge in [-0.3, -0.25) is 0 Å². The lowest BCUT2D eigenvalue weighted by molar-refractivity contribution is 0.392. The maximum absolute atomic E-state index is 5.69. The number of methoxy groups -OCH3 is 4. The van der Waals surface area contributed by atoms with Crippen LogP contribution in [0.1, 0.15) is 10.4 Å². The molecule has 0 atom stereocenters. The number of fused-ring (bicyclic) bond motifs is 1. The van der Waals surface area contributed by atoms with Crippen LogP contribution in [0.2, 0.25) is 0 Å². The number of aromatic nitrogens is 1. The van der Waals surface area contributed by atoms with Gasteiger partial charge in [-0.25, -0.2) is 9.98 Å². The third-order valence-corrected chi connectivity index (χ3v) is 4.76. The highest BCUT2D eigenvalue weighted by atomic mass is 32.1. The number of hydrogen-bond donors (Lipinski definition) is 0. The highest BCUT2D eigenvalue weighted by molar-refractivity contribution is 7.15. The van der Waals surface area contributed by atoms with Gasteiger partial charge in [0, 0.05) is 22.9 Å². The predicted molar refractivity (Wildman–Crippen MR) is 104 cm³/mol. The van der Waals surface area contributed by atoms with Crippen LogP contribution in [0.4, 0.5) is 5.13 Å². The molecule has 3 aromatic rings. The molecule has 0 bridgehead atoms. The van der Waals surface area contributed by atoms with Crippen LogP contribution < -0.4 is 18.9 Å². The van der Waals surface area contributed by atoms with Crippen molar-refractivity contribution in [3.8, 4) is 23.0 Å². The van der Waals surface area contributed by atoms with Gasteiger partial charge in [0.15, 0.2) is 0 Å². The normalized spacial score (nSPS) is 11.1. The minimum atomic E-state index is 0.633. The van der Waals surface area contributed by atoms with Crippen molar-refractivity contribution in [3.05, 3.63) is 34.8 Å². The summed E-state index contributed by atoms with van der Waals surface area (Å²) in [6.45, 7) is 1.99. The van der Waals surface area contributed by atoms with Crippen molar-refractivity contribution in [1.29, 1.82) is 0 Å². The van der Waals surface area contributed by atoms with Crippen LogP contribution in [0.3, 0.4) is 0 Å². The third kappa shape index (κ3) is 3.17. The Labute approximate surface area is 156 Å². The van der Waals surface area contributed by atoms with Crippen molar-refractivity contribution in [2.75, 3.05) is 28.4 Å². The molecule has 26 heavy (non-hydrogen) atoms. The van der Waals surface area contributed by atoms with Crippen LogP contribution in [0.5, 0.6) is 23.0 Å². The zero-order valence-corrected chi connectivity index (χ0v) is 16.1. The first-order valence-electron chi connectivity index (χ1n) is 7.89. The highest BCUT2D eigenvalue weighted by Gasteiger charge is 2.20. The molecule has 2 aromatic carbocycles. The molecule has 0 saturated heterocycles. The van der Waals surface area contributed by atoms with E-state index in [2.05, 4.69) is 9.98 Å². The maximum atomic E-state index is 5.69. The minimum Gasteiger partial charge on any atom is -0.496 e. The molecule has 7 heteroatoms. The number of aliphatic imine (C=N–C) groups is 1. The lowest BCUT2D eigenvalue weighted by Gasteiger charge is -2.17. The van der Waals surface area contributed by atoms with Crippen LogP contribution in [0.15, 0.2) is 29.4 Å². The van der Waals surface area contributed by atoms with Crippen molar-refractivity contribution in [1.82, 2.24) is 4.98 Å². The van der Waals surface area contributed by atoms with E-state index in [0.717, 1.165) is 21.2 Å². The number of aryl methyl sites for hydroxylation is 1. The molecule has 0 aliphatic rings. The molecule has 0 saturated carbocycles. The van der Waals surface area contributed by atoms with E-state index in [1.807, 2.05) is 25.1 Å². The highest BCUT2D eigenvalue weighted by Crippen LogP contribution is 2.45. The minimum absolute atomic E-state index is 0.633. The van der Waals surface area contributed by atoms with E-state index < -0.39 is 0 Å². The summed E-state index contributed by atoms with van der Waals surface area (Å²) in [6, 6.07) is 5.55. The molecule has 0 aliphatic carbocycles. The van der Waals surface area contributed by atoms with Crippen LogP contribution in [-0.2, 0) is 0 Å². The Balaban J connectivity index is 2.28. The van der Waals surface area contributed by atoms with Gasteiger partial charge in [-0.15, -0.1) is 11.3 Å². The Hall–Kier alpha value is -2.80. The van der Waals surface area contributed by atoms with Gasteiger partial charge in [0.1, 0.15) is 23.0 Å². The number of nitrogens with zero attached hydrogens (tertiary/aromatic N) is 2. The SMILES string of the molecule is COc1ccc(OC)c2c(OC)c(C=Nc3ncc(C)s3)cc(OC)c12. The van der Waals surface area contributed by atoms with Gasteiger partial charge in [0.2, 0.25) is 5.13 Å². The summed E-state index contributed by atoms with van der Waals surface area (Å²) in [6.07, 6.45) is 3.52. The van der Waals surface area contributed by atoms with Gasteiger partial charge in [-0.2, -0.15) is 0 Å². The molecule has 0 N–H and O–H groups in total. The van der Waals surface area contributed by atoms with Crippen LogP contribution in [-0.4, -0.2) is 39.6 Å². The van der Waals surface area contributed by atoms with E-state index in [4.69, 9.17) is 18.9 Å². The van der Waals surface area contributed by atoms with E-state index in [9.17, 15) is 0 Å². The van der Waals surface area contributed by atoms with E-state index in [0.29, 0.717) is 28.1 Å². The summed E-state index contributed by atoms with van der Waals surface area (Å²) in [5.41, 5.74) is 0.760. The molecule has 0 amide bonds. The predicted octanol–water partition coefficient (Wildman–Crippen LogP) is 4.39. The Bertz CT molecular complexity index is 966. The number of benzene rings is 2. The lowest BCUT2D eigenvalue weighted by atomic mass is 10.0. The Morgan fingerprint density at radius 2 is 1.58 bits per heavy atom. The molecule has 0 radical (unpaired) electrons. The molecular formula is C19H20N2O4S. The fraction of sp³-hybridized carbons (Fsp3) is 0.263. The van der Waals surface area contributed by atoms with Gasteiger partial charge in [-0.05, 0) is 25.1 Å².